The normalized spacial score (nSPS) is 12.2. The van der Waals surface area contributed by atoms with Crippen molar-refractivity contribution < 1.29 is 0 Å². The molecule has 1 aromatic carbocycles. The highest BCUT2D eigenvalue weighted by Gasteiger charge is 2.12. The average Bonchev–Trinajstić information content (AvgIpc) is 3.14. The highest BCUT2D eigenvalue weighted by molar-refractivity contribution is 5.79. The van der Waals surface area contributed by atoms with E-state index in [0.29, 0.717) is 0 Å². The van der Waals surface area contributed by atoms with E-state index in [0.717, 1.165) is 51.4 Å². The number of hydrogen-bond donors (Lipinski definition) is 2. The number of aromatic nitrogens is 3. The van der Waals surface area contributed by atoms with E-state index in [1.807, 2.05) is 4.57 Å². The molecular formula is C21H34N6. The second-order valence-corrected chi connectivity index (χ2v) is 7.79. The number of hydrogen-bond acceptors (Lipinski definition) is 3. The maximum atomic E-state index is 4.66. The number of nitrogens with one attached hydrogen (secondary N) is 2. The lowest BCUT2D eigenvalue weighted by Crippen LogP contribution is -2.38. The van der Waals surface area contributed by atoms with Gasteiger partial charge in [-0.3, -0.25) is 4.99 Å². The molecule has 0 bridgehead atoms. The van der Waals surface area contributed by atoms with E-state index in [1.54, 1.807) is 12.7 Å². The molecule has 2 N–H and O–H groups in total. The first kappa shape index (κ1) is 20.9. The van der Waals surface area contributed by atoms with Crippen LogP contribution in [0.1, 0.15) is 51.7 Å². The van der Waals surface area contributed by atoms with Crippen LogP contribution in [0.25, 0.3) is 0 Å². The minimum Gasteiger partial charge on any atom is -0.357 e. The van der Waals surface area contributed by atoms with Crippen LogP contribution >= 0.6 is 0 Å². The van der Waals surface area contributed by atoms with E-state index in [2.05, 4.69) is 77.8 Å². The van der Waals surface area contributed by atoms with Gasteiger partial charge in [-0.1, -0.05) is 45.0 Å². The standard InChI is InChI=1S/C21H34N6/c1-5-22-20(23-13-6-7-15-27-16-25-26-17-27)24-14-12-18-8-10-19(11-9-18)21(2,3)4/h8-11,16-17H,5-7,12-15H2,1-4H3,(H2,22,23,24). The lowest BCUT2D eigenvalue weighted by atomic mass is 9.86. The van der Waals surface area contributed by atoms with Crippen LogP contribution < -0.4 is 10.6 Å². The van der Waals surface area contributed by atoms with Gasteiger partial charge in [0.15, 0.2) is 5.96 Å². The average molecular weight is 371 g/mol. The molecule has 6 heteroatoms. The fourth-order valence-electron chi connectivity index (χ4n) is 2.77. The lowest BCUT2D eigenvalue weighted by Gasteiger charge is -2.19. The first-order valence-electron chi connectivity index (χ1n) is 9.93. The molecule has 0 amide bonds. The zero-order valence-electron chi connectivity index (χ0n) is 17.2. The highest BCUT2D eigenvalue weighted by Crippen LogP contribution is 2.22. The van der Waals surface area contributed by atoms with E-state index in [4.69, 9.17) is 0 Å². The second-order valence-electron chi connectivity index (χ2n) is 7.79. The maximum absolute atomic E-state index is 4.66. The first-order chi connectivity index (χ1) is 13.0. The van der Waals surface area contributed by atoms with Gasteiger partial charge in [0.2, 0.25) is 0 Å². The molecule has 1 heterocycles. The molecule has 0 spiro atoms. The summed E-state index contributed by atoms with van der Waals surface area (Å²) in [6.07, 6.45) is 6.61. The van der Waals surface area contributed by atoms with Crippen LogP contribution in [0.5, 0.6) is 0 Å². The van der Waals surface area contributed by atoms with Gasteiger partial charge in [-0.15, -0.1) is 10.2 Å². The Kier molecular flexibility index (Phi) is 8.30. The summed E-state index contributed by atoms with van der Waals surface area (Å²) in [5, 5.41) is 14.4. The van der Waals surface area contributed by atoms with Crippen molar-refractivity contribution in [1.82, 2.24) is 25.4 Å². The third-order valence-corrected chi connectivity index (χ3v) is 4.43. The van der Waals surface area contributed by atoms with Crippen LogP contribution in [0.3, 0.4) is 0 Å². The van der Waals surface area contributed by atoms with Gasteiger partial charge in [0.05, 0.1) is 0 Å². The first-order valence-corrected chi connectivity index (χ1v) is 9.93. The van der Waals surface area contributed by atoms with Crippen LogP contribution in [0, 0.1) is 0 Å². The summed E-state index contributed by atoms with van der Waals surface area (Å²) in [5.74, 6) is 0.896. The molecule has 27 heavy (non-hydrogen) atoms. The summed E-state index contributed by atoms with van der Waals surface area (Å²) in [6, 6.07) is 8.95. The van der Waals surface area contributed by atoms with E-state index in [-0.39, 0.29) is 5.41 Å². The van der Waals surface area contributed by atoms with Gasteiger partial charge >= 0.3 is 0 Å². The molecule has 2 rings (SSSR count). The number of guanidine groups is 1. The summed E-state index contributed by atoms with van der Waals surface area (Å²) in [5.41, 5.74) is 2.93. The molecular weight excluding hydrogens is 336 g/mol. The molecule has 2 aromatic rings. The predicted molar refractivity (Wildman–Crippen MR) is 112 cm³/mol. The van der Waals surface area contributed by atoms with Gasteiger partial charge in [0, 0.05) is 26.2 Å². The molecule has 0 aliphatic rings. The van der Waals surface area contributed by atoms with Gasteiger partial charge in [-0.25, -0.2) is 0 Å². The Morgan fingerprint density at radius 3 is 2.37 bits per heavy atom. The van der Waals surface area contributed by atoms with Crippen molar-refractivity contribution >= 4 is 5.96 Å². The summed E-state index contributed by atoms with van der Waals surface area (Å²) in [4.78, 5) is 4.66. The largest absolute Gasteiger partial charge is 0.357 e. The van der Waals surface area contributed by atoms with Crippen molar-refractivity contribution in [1.29, 1.82) is 0 Å². The molecule has 0 unspecified atom stereocenters. The predicted octanol–water partition coefficient (Wildman–Crippen LogP) is 3.15. The van der Waals surface area contributed by atoms with Gasteiger partial charge in [-0.05, 0) is 42.7 Å². The van der Waals surface area contributed by atoms with Crippen molar-refractivity contribution in [2.24, 2.45) is 4.99 Å². The van der Waals surface area contributed by atoms with Crippen LogP contribution in [-0.2, 0) is 18.4 Å². The molecule has 1 aromatic heterocycles. The Morgan fingerprint density at radius 2 is 1.74 bits per heavy atom. The zero-order valence-corrected chi connectivity index (χ0v) is 17.2. The Labute approximate surface area is 163 Å². The van der Waals surface area contributed by atoms with Crippen molar-refractivity contribution in [3.8, 4) is 0 Å². The molecule has 0 fully saturated rings. The SMILES string of the molecule is CCNC(=NCCCCn1cnnc1)NCCc1ccc(C(C)(C)C)cc1. The Balaban J connectivity index is 1.71. The van der Waals surface area contributed by atoms with E-state index < -0.39 is 0 Å². The zero-order chi connectivity index (χ0) is 19.5. The van der Waals surface area contributed by atoms with E-state index >= 15 is 0 Å². The molecule has 0 saturated carbocycles. The summed E-state index contributed by atoms with van der Waals surface area (Å²) < 4.78 is 2.00. The van der Waals surface area contributed by atoms with Crippen molar-refractivity contribution in [2.45, 2.75) is 58.9 Å². The Hall–Kier alpha value is -2.37. The molecule has 0 radical (unpaired) electrons. The Bertz CT molecular complexity index is 668. The van der Waals surface area contributed by atoms with Crippen LogP contribution in [0.2, 0.25) is 0 Å². The number of rotatable bonds is 9. The third-order valence-electron chi connectivity index (χ3n) is 4.43. The van der Waals surface area contributed by atoms with Crippen LogP contribution in [0.15, 0.2) is 41.9 Å². The maximum Gasteiger partial charge on any atom is 0.191 e. The van der Waals surface area contributed by atoms with E-state index in [9.17, 15) is 0 Å². The fraction of sp³-hybridized carbons (Fsp3) is 0.571. The number of unbranched alkanes of at least 4 members (excludes halogenated alkanes) is 1. The molecule has 0 atom stereocenters. The van der Waals surface area contributed by atoms with Crippen molar-refractivity contribution in [3.05, 3.63) is 48.0 Å². The van der Waals surface area contributed by atoms with Crippen LogP contribution in [-0.4, -0.2) is 40.4 Å². The summed E-state index contributed by atoms with van der Waals surface area (Å²) >= 11 is 0. The Morgan fingerprint density at radius 1 is 1.04 bits per heavy atom. The highest BCUT2D eigenvalue weighted by atomic mass is 15.2. The van der Waals surface area contributed by atoms with Crippen molar-refractivity contribution in [3.63, 3.8) is 0 Å². The summed E-state index contributed by atoms with van der Waals surface area (Å²) in [7, 11) is 0. The second kappa shape index (κ2) is 10.7. The van der Waals surface area contributed by atoms with E-state index in [1.165, 1.54) is 11.1 Å². The molecule has 6 nitrogen and oxygen atoms in total. The number of aliphatic imine (C=N–C) groups is 1. The monoisotopic (exact) mass is 370 g/mol. The number of benzene rings is 1. The van der Waals surface area contributed by atoms with Gasteiger partial charge in [0.1, 0.15) is 12.7 Å². The quantitative estimate of drug-likeness (QED) is 0.404. The molecule has 0 saturated heterocycles. The summed E-state index contributed by atoms with van der Waals surface area (Å²) in [6.45, 7) is 12.3. The van der Waals surface area contributed by atoms with Gasteiger partial charge in [0.25, 0.3) is 0 Å². The number of aryl methyl sites for hydroxylation is 1. The topological polar surface area (TPSA) is 67.1 Å². The molecule has 148 valence electrons. The molecule has 0 aliphatic heterocycles. The smallest absolute Gasteiger partial charge is 0.191 e. The third kappa shape index (κ3) is 7.81. The fourth-order valence-corrected chi connectivity index (χ4v) is 2.77. The van der Waals surface area contributed by atoms with Crippen LogP contribution in [0.4, 0.5) is 0 Å². The van der Waals surface area contributed by atoms with Crippen molar-refractivity contribution in [2.75, 3.05) is 19.6 Å². The lowest BCUT2D eigenvalue weighted by molar-refractivity contribution is 0.590. The minimum atomic E-state index is 0.204. The van der Waals surface area contributed by atoms with Gasteiger partial charge < -0.3 is 15.2 Å². The molecule has 0 aliphatic carbocycles. The minimum absolute atomic E-state index is 0.204. The van der Waals surface area contributed by atoms with Gasteiger partial charge in [-0.2, -0.15) is 0 Å². The number of nitrogens with zero attached hydrogens (tertiary/aromatic N) is 4.